The van der Waals surface area contributed by atoms with Gasteiger partial charge in [0.15, 0.2) is 0 Å². The van der Waals surface area contributed by atoms with Crippen molar-refractivity contribution in [3.63, 3.8) is 0 Å². The van der Waals surface area contributed by atoms with E-state index in [4.69, 9.17) is 0 Å². The van der Waals surface area contributed by atoms with Gasteiger partial charge in [0.05, 0.1) is 5.92 Å². The van der Waals surface area contributed by atoms with Crippen molar-refractivity contribution in [2.24, 2.45) is 11.8 Å². The standard InChI is InChI=1S/C15H32N2O2/c1-6-8-10-17(11-9-7-2)15(19)13(12(3)4)14(18)16-5/h12-13,15,19H,6-11H2,1-5H3,(H,16,18). The summed E-state index contributed by atoms with van der Waals surface area (Å²) < 4.78 is 0. The Morgan fingerprint density at radius 1 is 1.16 bits per heavy atom. The highest BCUT2D eigenvalue weighted by atomic mass is 16.3. The van der Waals surface area contributed by atoms with E-state index in [-0.39, 0.29) is 17.7 Å². The highest BCUT2D eigenvalue weighted by molar-refractivity contribution is 5.79. The van der Waals surface area contributed by atoms with Gasteiger partial charge in [-0.25, -0.2) is 0 Å². The van der Waals surface area contributed by atoms with Crippen LogP contribution >= 0.6 is 0 Å². The predicted octanol–water partition coefficient (Wildman–Crippen LogP) is 2.23. The number of rotatable bonds is 10. The average molecular weight is 272 g/mol. The van der Waals surface area contributed by atoms with Gasteiger partial charge < -0.3 is 10.4 Å². The van der Waals surface area contributed by atoms with E-state index in [0.29, 0.717) is 0 Å². The van der Waals surface area contributed by atoms with Gasteiger partial charge in [0.2, 0.25) is 5.91 Å². The molecule has 0 aliphatic carbocycles. The van der Waals surface area contributed by atoms with Crippen LogP contribution in [0.4, 0.5) is 0 Å². The first kappa shape index (κ1) is 18.4. The molecular weight excluding hydrogens is 240 g/mol. The first-order valence-electron chi connectivity index (χ1n) is 7.63. The number of hydrogen-bond donors (Lipinski definition) is 2. The number of hydrogen-bond acceptors (Lipinski definition) is 3. The second-order valence-corrected chi connectivity index (χ2v) is 5.54. The van der Waals surface area contributed by atoms with Gasteiger partial charge in [0.25, 0.3) is 0 Å². The molecule has 2 unspecified atom stereocenters. The minimum Gasteiger partial charge on any atom is -0.378 e. The fourth-order valence-corrected chi connectivity index (χ4v) is 2.27. The van der Waals surface area contributed by atoms with Crippen molar-refractivity contribution in [1.29, 1.82) is 0 Å². The summed E-state index contributed by atoms with van der Waals surface area (Å²) in [4.78, 5) is 14.0. The molecule has 0 bridgehead atoms. The number of aliphatic hydroxyl groups excluding tert-OH is 1. The van der Waals surface area contributed by atoms with Gasteiger partial charge in [-0.15, -0.1) is 0 Å². The van der Waals surface area contributed by atoms with Crippen molar-refractivity contribution in [1.82, 2.24) is 10.2 Å². The lowest BCUT2D eigenvalue weighted by atomic mass is 9.92. The molecule has 0 aromatic heterocycles. The summed E-state index contributed by atoms with van der Waals surface area (Å²) in [6, 6.07) is 0. The van der Waals surface area contributed by atoms with E-state index in [1.807, 2.05) is 13.8 Å². The van der Waals surface area contributed by atoms with Crippen molar-refractivity contribution in [3.8, 4) is 0 Å². The minimum atomic E-state index is -0.682. The van der Waals surface area contributed by atoms with Gasteiger partial charge in [-0.3, -0.25) is 9.69 Å². The van der Waals surface area contributed by atoms with Crippen LogP contribution in [0.2, 0.25) is 0 Å². The summed E-state index contributed by atoms with van der Waals surface area (Å²) in [7, 11) is 1.63. The first-order valence-corrected chi connectivity index (χ1v) is 7.63. The maximum atomic E-state index is 11.9. The Morgan fingerprint density at radius 3 is 1.95 bits per heavy atom. The van der Waals surface area contributed by atoms with Crippen LogP contribution in [-0.4, -0.2) is 42.3 Å². The Labute approximate surface area is 118 Å². The lowest BCUT2D eigenvalue weighted by Crippen LogP contribution is -2.49. The Bertz CT molecular complexity index is 236. The summed E-state index contributed by atoms with van der Waals surface area (Å²) in [5.74, 6) is -0.306. The van der Waals surface area contributed by atoms with Crippen LogP contribution in [0.25, 0.3) is 0 Å². The molecule has 0 spiro atoms. The average Bonchev–Trinajstić information content (AvgIpc) is 2.38. The molecule has 1 amide bonds. The SMILES string of the molecule is CCCCN(CCCC)C(O)C(C(=O)NC)C(C)C. The van der Waals surface area contributed by atoms with Crippen LogP contribution in [0.15, 0.2) is 0 Å². The zero-order valence-electron chi connectivity index (χ0n) is 13.3. The van der Waals surface area contributed by atoms with Crippen LogP contribution in [0.1, 0.15) is 53.4 Å². The van der Waals surface area contributed by atoms with Gasteiger partial charge in [0, 0.05) is 20.1 Å². The number of unbranched alkanes of at least 4 members (excludes halogenated alkanes) is 2. The number of carbonyl (C=O) groups excluding carboxylic acids is 1. The molecule has 0 rings (SSSR count). The first-order chi connectivity index (χ1) is 8.99. The highest BCUT2D eigenvalue weighted by Gasteiger charge is 2.32. The van der Waals surface area contributed by atoms with Crippen molar-refractivity contribution in [2.75, 3.05) is 20.1 Å². The molecule has 2 atom stereocenters. The van der Waals surface area contributed by atoms with Gasteiger partial charge >= 0.3 is 0 Å². The predicted molar refractivity (Wildman–Crippen MR) is 79.8 cm³/mol. The van der Waals surface area contributed by atoms with E-state index in [1.54, 1.807) is 7.05 Å². The van der Waals surface area contributed by atoms with Crippen molar-refractivity contribution in [2.45, 2.75) is 59.6 Å². The molecule has 0 aromatic rings. The maximum absolute atomic E-state index is 11.9. The number of nitrogens with one attached hydrogen (secondary N) is 1. The van der Waals surface area contributed by atoms with Crippen molar-refractivity contribution < 1.29 is 9.90 Å². The highest BCUT2D eigenvalue weighted by Crippen LogP contribution is 2.20. The van der Waals surface area contributed by atoms with E-state index in [1.165, 1.54) is 0 Å². The zero-order valence-corrected chi connectivity index (χ0v) is 13.3. The fourth-order valence-electron chi connectivity index (χ4n) is 2.27. The molecular formula is C15H32N2O2. The fraction of sp³-hybridized carbons (Fsp3) is 0.933. The normalized spacial score (nSPS) is 14.7. The van der Waals surface area contributed by atoms with Crippen LogP contribution in [-0.2, 0) is 4.79 Å². The van der Waals surface area contributed by atoms with E-state index in [2.05, 4.69) is 24.1 Å². The quantitative estimate of drug-likeness (QED) is 0.600. The molecule has 4 heteroatoms. The van der Waals surface area contributed by atoms with Crippen molar-refractivity contribution >= 4 is 5.91 Å². The summed E-state index contributed by atoms with van der Waals surface area (Å²) in [5, 5.41) is 13.2. The molecule has 0 fully saturated rings. The lowest BCUT2D eigenvalue weighted by molar-refractivity contribution is -0.137. The Morgan fingerprint density at radius 2 is 1.63 bits per heavy atom. The summed E-state index contributed by atoms with van der Waals surface area (Å²) in [6.45, 7) is 9.98. The molecule has 0 saturated carbocycles. The number of amides is 1. The van der Waals surface area contributed by atoms with Gasteiger partial charge in [-0.2, -0.15) is 0 Å². The number of nitrogens with zero attached hydrogens (tertiary/aromatic N) is 1. The van der Waals surface area contributed by atoms with E-state index < -0.39 is 6.23 Å². The molecule has 19 heavy (non-hydrogen) atoms. The van der Waals surface area contributed by atoms with Crippen LogP contribution in [0.3, 0.4) is 0 Å². The van der Waals surface area contributed by atoms with Gasteiger partial charge in [0.1, 0.15) is 6.23 Å². The van der Waals surface area contributed by atoms with Crippen LogP contribution in [0, 0.1) is 11.8 Å². The monoisotopic (exact) mass is 272 g/mol. The Hall–Kier alpha value is -0.610. The van der Waals surface area contributed by atoms with E-state index in [9.17, 15) is 9.90 Å². The van der Waals surface area contributed by atoms with Gasteiger partial charge in [-0.05, 0) is 18.8 Å². The zero-order chi connectivity index (χ0) is 14.8. The molecule has 0 heterocycles. The second-order valence-electron chi connectivity index (χ2n) is 5.54. The van der Waals surface area contributed by atoms with E-state index >= 15 is 0 Å². The van der Waals surface area contributed by atoms with E-state index in [0.717, 1.165) is 38.8 Å². The summed E-state index contributed by atoms with van der Waals surface area (Å²) >= 11 is 0. The largest absolute Gasteiger partial charge is 0.378 e. The summed E-state index contributed by atoms with van der Waals surface area (Å²) in [5.41, 5.74) is 0. The maximum Gasteiger partial charge on any atom is 0.227 e. The summed E-state index contributed by atoms with van der Waals surface area (Å²) in [6.07, 6.45) is 3.63. The third kappa shape index (κ3) is 6.39. The Balaban J connectivity index is 4.78. The molecule has 0 aromatic carbocycles. The molecule has 2 N–H and O–H groups in total. The molecule has 0 saturated heterocycles. The second kappa shape index (κ2) is 10.2. The Kier molecular flexibility index (Phi) is 9.88. The molecule has 0 radical (unpaired) electrons. The van der Waals surface area contributed by atoms with Crippen molar-refractivity contribution in [3.05, 3.63) is 0 Å². The molecule has 0 aliphatic rings. The van der Waals surface area contributed by atoms with Gasteiger partial charge in [-0.1, -0.05) is 40.5 Å². The third-order valence-corrected chi connectivity index (χ3v) is 3.56. The number of aliphatic hydroxyl groups is 1. The lowest BCUT2D eigenvalue weighted by Gasteiger charge is -2.34. The van der Waals surface area contributed by atoms with Crippen LogP contribution < -0.4 is 5.32 Å². The third-order valence-electron chi connectivity index (χ3n) is 3.56. The number of carbonyl (C=O) groups is 1. The minimum absolute atomic E-state index is 0.0690. The van der Waals surface area contributed by atoms with Crippen LogP contribution in [0.5, 0.6) is 0 Å². The topological polar surface area (TPSA) is 52.6 Å². The smallest absolute Gasteiger partial charge is 0.227 e. The molecule has 0 aliphatic heterocycles. The molecule has 4 nitrogen and oxygen atoms in total. The molecule has 114 valence electrons.